The van der Waals surface area contributed by atoms with E-state index in [4.69, 9.17) is 21.1 Å². The maximum absolute atomic E-state index is 12.5. The molecule has 2 aliphatic heterocycles. The fraction of sp³-hybridized carbons (Fsp3) is 0.550. The molecule has 0 unspecified atom stereocenters. The van der Waals surface area contributed by atoms with E-state index in [1.54, 1.807) is 7.11 Å². The van der Waals surface area contributed by atoms with Gasteiger partial charge in [0.25, 0.3) is 5.91 Å². The summed E-state index contributed by atoms with van der Waals surface area (Å²) in [4.78, 5) is 37.0. The molecule has 4 amide bonds. The van der Waals surface area contributed by atoms with Crippen LogP contribution in [-0.2, 0) is 9.59 Å². The summed E-state index contributed by atoms with van der Waals surface area (Å²) < 4.78 is 11.0. The molecule has 0 spiro atoms. The van der Waals surface area contributed by atoms with Crippen LogP contribution in [0, 0.1) is 0 Å². The minimum atomic E-state index is -0.623. The molecule has 0 saturated carbocycles. The summed E-state index contributed by atoms with van der Waals surface area (Å²) in [7, 11) is 1.58. The molecule has 2 fully saturated rings. The van der Waals surface area contributed by atoms with Gasteiger partial charge in [-0.05, 0) is 49.8 Å². The van der Waals surface area contributed by atoms with Crippen LogP contribution < -0.4 is 20.1 Å². The van der Waals surface area contributed by atoms with Crippen LogP contribution in [0.2, 0.25) is 5.02 Å². The Morgan fingerprint density at radius 1 is 1.24 bits per heavy atom. The third-order valence-electron chi connectivity index (χ3n) is 5.37. The minimum Gasteiger partial charge on any atom is -0.495 e. The Kier molecular flexibility index (Phi) is 6.84. The predicted molar refractivity (Wildman–Crippen MR) is 107 cm³/mol. The lowest BCUT2D eigenvalue weighted by atomic mass is 9.89. The first-order valence-corrected chi connectivity index (χ1v) is 10.2. The number of hydrogen-bond acceptors (Lipinski definition) is 5. The molecule has 0 radical (unpaired) electrons. The molecule has 0 aliphatic carbocycles. The summed E-state index contributed by atoms with van der Waals surface area (Å²) in [5, 5.41) is 5.16. The molecule has 2 heterocycles. The van der Waals surface area contributed by atoms with Gasteiger partial charge >= 0.3 is 6.03 Å². The van der Waals surface area contributed by atoms with Gasteiger partial charge < -0.3 is 19.7 Å². The van der Waals surface area contributed by atoms with Gasteiger partial charge in [0.15, 0.2) is 0 Å². The first kappa shape index (κ1) is 21.2. The van der Waals surface area contributed by atoms with Crippen LogP contribution in [0.3, 0.4) is 0 Å². The number of likely N-dealkylation sites (tertiary alicyclic amines) is 1. The lowest BCUT2D eigenvalue weighted by molar-refractivity contribution is -0.132. The Labute approximate surface area is 174 Å². The van der Waals surface area contributed by atoms with Crippen molar-refractivity contribution < 1.29 is 23.9 Å². The molecular formula is C20H26ClN3O5. The molecule has 2 N–H and O–H groups in total. The van der Waals surface area contributed by atoms with E-state index < -0.39 is 12.1 Å². The summed E-state index contributed by atoms with van der Waals surface area (Å²) in [6.45, 7) is 3.70. The van der Waals surface area contributed by atoms with Crippen LogP contribution >= 0.6 is 11.6 Å². The lowest BCUT2D eigenvalue weighted by Gasteiger charge is -2.33. The van der Waals surface area contributed by atoms with Crippen LogP contribution in [0.25, 0.3) is 0 Å². The van der Waals surface area contributed by atoms with Crippen molar-refractivity contribution in [3.63, 3.8) is 0 Å². The Bertz CT molecular complexity index is 793. The van der Waals surface area contributed by atoms with E-state index >= 15 is 0 Å². The normalized spacial score (nSPS) is 19.7. The van der Waals surface area contributed by atoms with Crippen molar-refractivity contribution >= 4 is 29.4 Å². The van der Waals surface area contributed by atoms with Crippen molar-refractivity contribution in [3.8, 4) is 11.5 Å². The zero-order chi connectivity index (χ0) is 21.0. The van der Waals surface area contributed by atoms with Crippen molar-refractivity contribution in [3.05, 3.63) is 22.7 Å². The maximum Gasteiger partial charge on any atom is 0.322 e. The third kappa shape index (κ3) is 4.93. The van der Waals surface area contributed by atoms with Crippen molar-refractivity contribution in [1.82, 2.24) is 15.5 Å². The molecule has 1 aromatic rings. The summed E-state index contributed by atoms with van der Waals surface area (Å²) >= 11 is 6.31. The first-order chi connectivity index (χ1) is 13.9. The molecular weight excluding hydrogens is 398 g/mol. The molecule has 9 heteroatoms. The summed E-state index contributed by atoms with van der Waals surface area (Å²) in [5.41, 5.74) is 1.09. The Morgan fingerprint density at radius 3 is 2.52 bits per heavy atom. The number of imide groups is 1. The molecule has 0 bridgehead atoms. The van der Waals surface area contributed by atoms with E-state index in [1.807, 2.05) is 24.0 Å². The highest BCUT2D eigenvalue weighted by Gasteiger charge is 2.31. The SMILES string of the molecule is CCOc1cc(C2CCN(C(=O)CC[C@H]3NC(=O)NC3=O)CC2)cc(OC)c1Cl. The second-order valence-corrected chi connectivity index (χ2v) is 7.56. The standard InChI is InChI=1S/C20H26ClN3O5/c1-3-29-16-11-13(10-15(28-2)18(16)21)12-6-8-24(9-7-12)17(25)5-4-14-19(26)23-20(27)22-14/h10-12,14H,3-9H2,1-2H3,(H2,22,23,26,27)/t14-/m1/s1. The number of rotatable bonds is 7. The quantitative estimate of drug-likeness (QED) is 0.656. The second kappa shape index (κ2) is 9.35. The third-order valence-corrected chi connectivity index (χ3v) is 5.74. The van der Waals surface area contributed by atoms with E-state index in [2.05, 4.69) is 10.6 Å². The number of carbonyl (C=O) groups is 3. The topological polar surface area (TPSA) is 97.0 Å². The number of ether oxygens (including phenoxy) is 2. The largest absolute Gasteiger partial charge is 0.495 e. The average molecular weight is 424 g/mol. The highest BCUT2D eigenvalue weighted by molar-refractivity contribution is 6.33. The minimum absolute atomic E-state index is 0.00101. The van der Waals surface area contributed by atoms with Gasteiger partial charge in [-0.1, -0.05) is 11.6 Å². The number of nitrogens with zero attached hydrogens (tertiary/aromatic N) is 1. The van der Waals surface area contributed by atoms with E-state index in [1.165, 1.54) is 0 Å². The molecule has 158 valence electrons. The van der Waals surface area contributed by atoms with Gasteiger partial charge in [-0.3, -0.25) is 14.9 Å². The highest BCUT2D eigenvalue weighted by Crippen LogP contribution is 2.40. The smallest absolute Gasteiger partial charge is 0.322 e. The number of urea groups is 1. The molecule has 29 heavy (non-hydrogen) atoms. The van der Waals surface area contributed by atoms with E-state index in [9.17, 15) is 14.4 Å². The number of halogens is 1. The summed E-state index contributed by atoms with van der Waals surface area (Å²) in [5.74, 6) is 1.11. The molecule has 2 aliphatic rings. The van der Waals surface area contributed by atoms with E-state index in [0.29, 0.717) is 42.6 Å². The fourth-order valence-corrected chi connectivity index (χ4v) is 4.03. The van der Waals surface area contributed by atoms with Gasteiger partial charge in [0.2, 0.25) is 5.91 Å². The fourth-order valence-electron chi connectivity index (χ4n) is 3.79. The Morgan fingerprint density at radius 2 is 1.93 bits per heavy atom. The second-order valence-electron chi connectivity index (χ2n) is 7.18. The average Bonchev–Trinajstić information content (AvgIpc) is 3.05. The van der Waals surface area contributed by atoms with Crippen LogP contribution in [-0.4, -0.2) is 55.6 Å². The van der Waals surface area contributed by atoms with Crippen LogP contribution in [0.4, 0.5) is 4.79 Å². The van der Waals surface area contributed by atoms with E-state index in [0.717, 1.165) is 18.4 Å². The van der Waals surface area contributed by atoms with Crippen molar-refractivity contribution in [2.45, 2.75) is 44.6 Å². The van der Waals surface area contributed by atoms with Crippen LogP contribution in [0.5, 0.6) is 11.5 Å². The molecule has 0 aromatic heterocycles. The van der Waals surface area contributed by atoms with Crippen molar-refractivity contribution in [1.29, 1.82) is 0 Å². The predicted octanol–water partition coefficient (Wildman–Crippen LogP) is 2.44. The molecule has 8 nitrogen and oxygen atoms in total. The Balaban J connectivity index is 1.56. The van der Waals surface area contributed by atoms with Crippen LogP contribution in [0.1, 0.15) is 44.1 Å². The molecule has 2 saturated heterocycles. The summed E-state index contributed by atoms with van der Waals surface area (Å²) in [6.07, 6.45) is 2.18. The zero-order valence-electron chi connectivity index (χ0n) is 16.6. The van der Waals surface area contributed by atoms with Crippen LogP contribution in [0.15, 0.2) is 12.1 Å². The number of piperidine rings is 1. The van der Waals surface area contributed by atoms with Crippen molar-refractivity contribution in [2.75, 3.05) is 26.8 Å². The van der Waals surface area contributed by atoms with Gasteiger partial charge in [-0.15, -0.1) is 0 Å². The number of nitrogens with one attached hydrogen (secondary N) is 2. The number of hydrogen-bond donors (Lipinski definition) is 2. The highest BCUT2D eigenvalue weighted by atomic mass is 35.5. The van der Waals surface area contributed by atoms with Gasteiger partial charge in [0.05, 0.1) is 13.7 Å². The zero-order valence-corrected chi connectivity index (χ0v) is 17.4. The lowest BCUT2D eigenvalue weighted by Crippen LogP contribution is -2.39. The first-order valence-electron chi connectivity index (χ1n) is 9.82. The molecule has 3 rings (SSSR count). The number of benzene rings is 1. The van der Waals surface area contributed by atoms with Gasteiger partial charge in [-0.2, -0.15) is 0 Å². The van der Waals surface area contributed by atoms with Gasteiger partial charge in [-0.25, -0.2) is 4.79 Å². The summed E-state index contributed by atoms with van der Waals surface area (Å²) in [6, 6.07) is 2.77. The maximum atomic E-state index is 12.5. The number of carbonyl (C=O) groups excluding carboxylic acids is 3. The Hall–Kier alpha value is -2.48. The van der Waals surface area contributed by atoms with Gasteiger partial charge in [0, 0.05) is 19.5 Å². The molecule has 1 aromatic carbocycles. The number of amides is 4. The van der Waals surface area contributed by atoms with Crippen molar-refractivity contribution in [2.24, 2.45) is 0 Å². The van der Waals surface area contributed by atoms with Gasteiger partial charge in [0.1, 0.15) is 22.6 Å². The van der Waals surface area contributed by atoms with E-state index in [-0.39, 0.29) is 24.2 Å². The number of methoxy groups -OCH3 is 1. The molecule has 1 atom stereocenters. The monoisotopic (exact) mass is 423 g/mol.